The minimum Gasteiger partial charge on any atom is -0.378 e. The molecular weight excluding hydrogens is 424 g/mol. The quantitative estimate of drug-likeness (QED) is 0.463. The SMILES string of the molecule is N#Cc1ccc2c(c1)CCC[C@H]2Nc1ccc2[nH]nc(-c3ccnc(N4CCOCC4)c3)c2c1. The normalized spacial score (nSPS) is 17.9. The molecule has 0 radical (unpaired) electrons. The minimum atomic E-state index is 0.234. The largest absolute Gasteiger partial charge is 0.378 e. The fourth-order valence-electron chi connectivity index (χ4n) is 5.09. The summed E-state index contributed by atoms with van der Waals surface area (Å²) in [5, 5.41) is 21.9. The fourth-order valence-corrected chi connectivity index (χ4v) is 5.09. The van der Waals surface area contributed by atoms with E-state index in [0.717, 1.165) is 84.8 Å². The van der Waals surface area contributed by atoms with Crippen LogP contribution < -0.4 is 10.2 Å². The topological polar surface area (TPSA) is 89.9 Å². The van der Waals surface area contributed by atoms with Crippen LogP contribution in [0.25, 0.3) is 22.2 Å². The van der Waals surface area contributed by atoms with Crippen molar-refractivity contribution in [2.75, 3.05) is 36.5 Å². The maximum Gasteiger partial charge on any atom is 0.129 e. The molecule has 1 saturated heterocycles. The molecule has 6 rings (SSSR count). The maximum absolute atomic E-state index is 9.24. The molecule has 3 heterocycles. The van der Waals surface area contributed by atoms with Gasteiger partial charge in [0.15, 0.2) is 0 Å². The van der Waals surface area contributed by atoms with Crippen LogP contribution in [0.4, 0.5) is 11.5 Å². The lowest BCUT2D eigenvalue weighted by Crippen LogP contribution is -2.36. The number of fused-ring (bicyclic) bond motifs is 2. The van der Waals surface area contributed by atoms with Crippen molar-refractivity contribution in [1.82, 2.24) is 15.2 Å². The second-order valence-electron chi connectivity index (χ2n) is 8.95. The molecule has 1 aliphatic carbocycles. The zero-order valence-electron chi connectivity index (χ0n) is 18.9. The number of hydrogen-bond donors (Lipinski definition) is 2. The summed E-state index contributed by atoms with van der Waals surface area (Å²) in [7, 11) is 0. The van der Waals surface area contributed by atoms with Gasteiger partial charge in [-0.15, -0.1) is 0 Å². The van der Waals surface area contributed by atoms with Gasteiger partial charge in [0.05, 0.1) is 36.4 Å². The molecule has 2 aromatic carbocycles. The maximum atomic E-state index is 9.24. The second-order valence-corrected chi connectivity index (χ2v) is 8.95. The second kappa shape index (κ2) is 8.81. The number of pyridine rings is 1. The third-order valence-corrected chi connectivity index (χ3v) is 6.84. The summed E-state index contributed by atoms with van der Waals surface area (Å²) < 4.78 is 5.48. The van der Waals surface area contributed by atoms with Crippen LogP contribution in [-0.2, 0) is 11.2 Å². The van der Waals surface area contributed by atoms with Gasteiger partial charge in [-0.25, -0.2) is 4.98 Å². The first-order valence-corrected chi connectivity index (χ1v) is 11.9. The number of aromatic amines is 1. The molecule has 0 spiro atoms. The third kappa shape index (κ3) is 3.87. The average molecular weight is 451 g/mol. The number of aromatic nitrogens is 3. The summed E-state index contributed by atoms with van der Waals surface area (Å²) in [4.78, 5) is 6.84. The van der Waals surface area contributed by atoms with Crippen LogP contribution in [0, 0.1) is 11.3 Å². The number of nitriles is 1. The van der Waals surface area contributed by atoms with E-state index in [4.69, 9.17) is 4.74 Å². The van der Waals surface area contributed by atoms with Crippen molar-refractivity contribution in [1.29, 1.82) is 5.26 Å². The van der Waals surface area contributed by atoms with E-state index >= 15 is 0 Å². The molecule has 0 unspecified atom stereocenters. The van der Waals surface area contributed by atoms with E-state index in [9.17, 15) is 5.26 Å². The first-order chi connectivity index (χ1) is 16.8. The van der Waals surface area contributed by atoms with E-state index in [1.54, 1.807) is 0 Å². The van der Waals surface area contributed by atoms with E-state index < -0.39 is 0 Å². The monoisotopic (exact) mass is 450 g/mol. The van der Waals surface area contributed by atoms with Crippen molar-refractivity contribution in [3.05, 3.63) is 71.4 Å². The molecule has 4 aromatic rings. The molecule has 1 aliphatic heterocycles. The molecular formula is C27H26N6O. The smallest absolute Gasteiger partial charge is 0.129 e. The Morgan fingerprint density at radius 2 is 2.00 bits per heavy atom. The zero-order chi connectivity index (χ0) is 22.9. The molecule has 1 fully saturated rings. The molecule has 34 heavy (non-hydrogen) atoms. The number of nitrogens with zero attached hydrogens (tertiary/aromatic N) is 4. The Kier molecular flexibility index (Phi) is 5.36. The van der Waals surface area contributed by atoms with E-state index in [1.165, 1.54) is 11.1 Å². The minimum absolute atomic E-state index is 0.234. The lowest BCUT2D eigenvalue weighted by molar-refractivity contribution is 0.122. The summed E-state index contributed by atoms with van der Waals surface area (Å²) in [5.74, 6) is 0.960. The highest BCUT2D eigenvalue weighted by molar-refractivity contribution is 5.95. The van der Waals surface area contributed by atoms with Crippen molar-refractivity contribution in [3.63, 3.8) is 0 Å². The van der Waals surface area contributed by atoms with Gasteiger partial charge >= 0.3 is 0 Å². The standard InChI is InChI=1S/C27H26N6O/c28-17-18-4-6-22-19(14-18)2-1-3-24(22)30-21-5-7-25-23(16-21)27(32-31-25)20-8-9-29-26(15-20)33-10-12-34-13-11-33/h4-9,14-16,24,30H,1-3,10-13H2,(H,31,32)/t24-/m1/s1. The number of ether oxygens (including phenoxy) is 1. The highest BCUT2D eigenvalue weighted by Gasteiger charge is 2.21. The summed E-state index contributed by atoms with van der Waals surface area (Å²) in [5.41, 5.74) is 7.36. The van der Waals surface area contributed by atoms with Crippen LogP contribution in [0.3, 0.4) is 0 Å². The van der Waals surface area contributed by atoms with Gasteiger partial charge in [-0.1, -0.05) is 6.07 Å². The Morgan fingerprint density at radius 1 is 1.09 bits per heavy atom. The van der Waals surface area contributed by atoms with E-state index in [0.29, 0.717) is 0 Å². The van der Waals surface area contributed by atoms with Crippen molar-refractivity contribution in [2.45, 2.75) is 25.3 Å². The molecule has 170 valence electrons. The van der Waals surface area contributed by atoms with Crippen LogP contribution >= 0.6 is 0 Å². The number of morpholine rings is 1. The Hall–Kier alpha value is -3.89. The Bertz CT molecular complexity index is 1380. The van der Waals surface area contributed by atoms with Gasteiger partial charge in [0, 0.05) is 35.9 Å². The molecule has 0 amide bonds. The molecule has 7 nitrogen and oxygen atoms in total. The molecule has 0 saturated carbocycles. The van der Waals surface area contributed by atoms with Crippen LogP contribution in [0.2, 0.25) is 0 Å². The van der Waals surface area contributed by atoms with Crippen molar-refractivity contribution >= 4 is 22.4 Å². The van der Waals surface area contributed by atoms with Crippen molar-refractivity contribution in [2.24, 2.45) is 0 Å². The Labute approximate surface area is 198 Å². The van der Waals surface area contributed by atoms with Crippen LogP contribution in [-0.4, -0.2) is 41.5 Å². The highest BCUT2D eigenvalue weighted by Crippen LogP contribution is 2.35. The zero-order valence-corrected chi connectivity index (χ0v) is 18.9. The summed E-state index contributed by atoms with van der Waals surface area (Å²) in [6.07, 6.45) is 5.07. The summed E-state index contributed by atoms with van der Waals surface area (Å²) in [6.45, 7) is 3.16. The molecule has 0 bridgehead atoms. The molecule has 2 aliphatic rings. The van der Waals surface area contributed by atoms with Gasteiger partial charge in [-0.05, 0) is 72.9 Å². The highest BCUT2D eigenvalue weighted by atomic mass is 16.5. The number of H-pyrrole nitrogens is 1. The lowest BCUT2D eigenvalue weighted by Gasteiger charge is -2.28. The molecule has 7 heteroatoms. The predicted octanol–water partition coefficient (Wildman–Crippen LogP) is 4.82. The fraction of sp³-hybridized carbons (Fsp3) is 0.296. The number of anilines is 2. The van der Waals surface area contributed by atoms with E-state index in [2.05, 4.69) is 61.8 Å². The summed E-state index contributed by atoms with van der Waals surface area (Å²) >= 11 is 0. The number of nitrogens with one attached hydrogen (secondary N) is 2. The number of rotatable bonds is 4. The number of benzene rings is 2. The predicted molar refractivity (Wildman–Crippen MR) is 133 cm³/mol. The van der Waals surface area contributed by atoms with Gasteiger partial charge in [-0.3, -0.25) is 5.10 Å². The summed E-state index contributed by atoms with van der Waals surface area (Å²) in [6, 6.07) is 19.1. The Balaban J connectivity index is 1.31. The lowest BCUT2D eigenvalue weighted by atomic mass is 9.86. The Morgan fingerprint density at radius 3 is 2.88 bits per heavy atom. The first kappa shape index (κ1) is 20.7. The molecule has 2 aromatic heterocycles. The van der Waals surface area contributed by atoms with Gasteiger partial charge in [0.1, 0.15) is 11.5 Å². The first-order valence-electron chi connectivity index (χ1n) is 11.9. The third-order valence-electron chi connectivity index (χ3n) is 6.84. The van der Waals surface area contributed by atoms with Crippen LogP contribution in [0.15, 0.2) is 54.7 Å². The van der Waals surface area contributed by atoms with Gasteiger partial charge in [0.25, 0.3) is 0 Å². The van der Waals surface area contributed by atoms with Gasteiger partial charge in [0.2, 0.25) is 0 Å². The van der Waals surface area contributed by atoms with Crippen LogP contribution in [0.1, 0.15) is 35.6 Å². The van der Waals surface area contributed by atoms with Crippen LogP contribution in [0.5, 0.6) is 0 Å². The molecule has 2 N–H and O–H groups in total. The van der Waals surface area contributed by atoms with E-state index in [1.807, 2.05) is 24.4 Å². The number of aryl methyl sites for hydroxylation is 1. The van der Waals surface area contributed by atoms with Crippen molar-refractivity contribution in [3.8, 4) is 17.3 Å². The average Bonchev–Trinajstić information content (AvgIpc) is 3.32. The van der Waals surface area contributed by atoms with Gasteiger partial charge in [-0.2, -0.15) is 10.4 Å². The van der Waals surface area contributed by atoms with Crippen molar-refractivity contribution < 1.29 is 4.74 Å². The van der Waals surface area contributed by atoms with E-state index in [-0.39, 0.29) is 6.04 Å². The number of hydrogen-bond acceptors (Lipinski definition) is 6. The molecule has 1 atom stereocenters. The van der Waals surface area contributed by atoms with Gasteiger partial charge < -0.3 is 15.0 Å².